The summed E-state index contributed by atoms with van der Waals surface area (Å²) in [4.78, 5) is 14.2. The van der Waals surface area contributed by atoms with Gasteiger partial charge in [0.15, 0.2) is 0 Å². The van der Waals surface area contributed by atoms with Crippen LogP contribution in [0.25, 0.3) is 5.57 Å². The van der Waals surface area contributed by atoms with Crippen LogP contribution in [0.2, 0.25) is 0 Å². The number of hydrogen-bond acceptors (Lipinski definition) is 3. The van der Waals surface area contributed by atoms with Gasteiger partial charge in [0.2, 0.25) is 5.91 Å². The van der Waals surface area contributed by atoms with Gasteiger partial charge >= 0.3 is 0 Å². The molecular formula is C20H20F2N2O2. The highest BCUT2D eigenvalue weighted by atomic mass is 19.1. The third-order valence-corrected chi connectivity index (χ3v) is 4.54. The molecule has 0 spiro atoms. The molecule has 1 aliphatic heterocycles. The number of halogens is 2. The van der Waals surface area contributed by atoms with Gasteiger partial charge < -0.3 is 15.7 Å². The van der Waals surface area contributed by atoms with Gasteiger partial charge in [0.05, 0.1) is 12.1 Å². The molecule has 0 fully saturated rings. The molecule has 2 aromatic carbocycles. The van der Waals surface area contributed by atoms with Crippen molar-refractivity contribution in [2.24, 2.45) is 5.73 Å². The van der Waals surface area contributed by atoms with E-state index in [-0.39, 0.29) is 12.1 Å². The predicted octanol–water partition coefficient (Wildman–Crippen LogP) is 2.64. The number of amides is 1. The Labute approximate surface area is 150 Å². The third-order valence-electron chi connectivity index (χ3n) is 4.54. The Bertz CT molecular complexity index is 837. The van der Waals surface area contributed by atoms with Crippen LogP contribution in [0.3, 0.4) is 0 Å². The van der Waals surface area contributed by atoms with Gasteiger partial charge in [-0.05, 0) is 36.3 Å². The summed E-state index contributed by atoms with van der Waals surface area (Å²) in [6.45, 7) is 1.52. The van der Waals surface area contributed by atoms with Gasteiger partial charge in [-0.3, -0.25) is 4.79 Å². The van der Waals surface area contributed by atoms with E-state index in [9.17, 15) is 18.7 Å². The van der Waals surface area contributed by atoms with Gasteiger partial charge in [-0.15, -0.1) is 0 Å². The number of benzene rings is 2. The van der Waals surface area contributed by atoms with Crippen LogP contribution in [0, 0.1) is 11.6 Å². The molecule has 6 heteroatoms. The summed E-state index contributed by atoms with van der Waals surface area (Å²) in [5, 5.41) is 9.67. The molecular weight excluding hydrogens is 338 g/mol. The first kappa shape index (κ1) is 18.2. The average Bonchev–Trinajstić information content (AvgIpc) is 3.08. The number of carbonyl (C=O) groups excluding carboxylic acids is 1. The van der Waals surface area contributed by atoms with Crippen LogP contribution in [-0.2, 0) is 4.79 Å². The van der Waals surface area contributed by atoms with Crippen LogP contribution < -0.4 is 5.73 Å². The van der Waals surface area contributed by atoms with Crippen molar-refractivity contribution in [3.63, 3.8) is 0 Å². The summed E-state index contributed by atoms with van der Waals surface area (Å²) >= 11 is 0. The van der Waals surface area contributed by atoms with Crippen LogP contribution in [-0.4, -0.2) is 34.6 Å². The SMILES string of the molecule is C[C@@H](O)[C@H](N)C(=O)N1CC(c2cc(F)ccc2F)=CC1c1ccccc1. The second-order valence-corrected chi connectivity index (χ2v) is 6.40. The van der Waals surface area contributed by atoms with Gasteiger partial charge in [-0.2, -0.15) is 0 Å². The van der Waals surface area contributed by atoms with E-state index in [0.29, 0.717) is 5.57 Å². The number of nitrogens with two attached hydrogens (primary N) is 1. The molecule has 0 saturated carbocycles. The van der Waals surface area contributed by atoms with Crippen molar-refractivity contribution in [1.29, 1.82) is 0 Å². The fourth-order valence-corrected chi connectivity index (χ4v) is 3.07. The van der Waals surface area contributed by atoms with Gasteiger partial charge in [-0.25, -0.2) is 8.78 Å². The number of aliphatic hydroxyl groups is 1. The normalized spacial score (nSPS) is 19.2. The molecule has 136 valence electrons. The Balaban J connectivity index is 2.01. The van der Waals surface area contributed by atoms with E-state index in [2.05, 4.69) is 0 Å². The number of nitrogens with zero attached hydrogens (tertiary/aromatic N) is 1. The molecule has 0 bridgehead atoms. The van der Waals surface area contributed by atoms with Crippen molar-refractivity contribution in [2.45, 2.75) is 25.1 Å². The summed E-state index contributed by atoms with van der Waals surface area (Å²) in [6, 6.07) is 10.9. The predicted molar refractivity (Wildman–Crippen MR) is 94.9 cm³/mol. The number of rotatable bonds is 4. The highest BCUT2D eigenvalue weighted by Crippen LogP contribution is 2.36. The monoisotopic (exact) mass is 358 g/mol. The molecule has 1 heterocycles. The summed E-state index contributed by atoms with van der Waals surface area (Å²) in [6.07, 6.45) is 0.716. The second kappa shape index (κ2) is 7.35. The lowest BCUT2D eigenvalue weighted by atomic mass is 10.0. The lowest BCUT2D eigenvalue weighted by molar-refractivity contribution is -0.135. The van der Waals surface area contributed by atoms with Crippen molar-refractivity contribution in [1.82, 2.24) is 4.90 Å². The van der Waals surface area contributed by atoms with Gasteiger partial charge in [0.1, 0.15) is 17.7 Å². The molecule has 3 N–H and O–H groups in total. The summed E-state index contributed by atoms with van der Waals surface area (Å²) in [5.41, 5.74) is 7.26. The zero-order valence-corrected chi connectivity index (χ0v) is 14.3. The molecule has 0 aliphatic carbocycles. The fraction of sp³-hybridized carbons (Fsp3) is 0.250. The van der Waals surface area contributed by atoms with E-state index in [4.69, 9.17) is 5.73 Å². The minimum absolute atomic E-state index is 0.0825. The molecule has 0 aromatic heterocycles. The molecule has 1 unspecified atom stereocenters. The first-order valence-corrected chi connectivity index (χ1v) is 8.33. The zero-order valence-electron chi connectivity index (χ0n) is 14.3. The molecule has 0 radical (unpaired) electrons. The van der Waals surface area contributed by atoms with E-state index in [1.54, 1.807) is 6.08 Å². The summed E-state index contributed by atoms with van der Waals surface area (Å²) in [5.74, 6) is -1.56. The minimum atomic E-state index is -1.09. The fourth-order valence-electron chi connectivity index (χ4n) is 3.07. The molecule has 3 rings (SSSR count). The molecule has 3 atom stereocenters. The van der Waals surface area contributed by atoms with Crippen molar-refractivity contribution in [3.05, 3.63) is 77.4 Å². The van der Waals surface area contributed by atoms with E-state index in [1.807, 2.05) is 30.3 Å². The quantitative estimate of drug-likeness (QED) is 0.883. The van der Waals surface area contributed by atoms with Gasteiger partial charge in [0.25, 0.3) is 0 Å². The van der Waals surface area contributed by atoms with Crippen LogP contribution in [0.15, 0.2) is 54.6 Å². The second-order valence-electron chi connectivity index (χ2n) is 6.40. The lowest BCUT2D eigenvalue weighted by Crippen LogP contribution is -2.49. The molecule has 26 heavy (non-hydrogen) atoms. The van der Waals surface area contributed by atoms with E-state index >= 15 is 0 Å². The topological polar surface area (TPSA) is 66.6 Å². The highest BCUT2D eigenvalue weighted by Gasteiger charge is 2.35. The standard InChI is InChI=1S/C20H20F2N2O2/c1-12(25)19(23)20(26)24-11-14(16-10-15(21)7-8-17(16)22)9-18(24)13-5-3-2-4-6-13/h2-10,12,18-19,25H,11,23H2,1H3/t12-,18?,19+/m1/s1. The number of hydrogen-bond donors (Lipinski definition) is 2. The van der Waals surface area contributed by atoms with Crippen molar-refractivity contribution in [3.8, 4) is 0 Å². The molecule has 4 nitrogen and oxygen atoms in total. The smallest absolute Gasteiger partial charge is 0.243 e. The largest absolute Gasteiger partial charge is 0.391 e. The lowest BCUT2D eigenvalue weighted by Gasteiger charge is -2.28. The Morgan fingerprint density at radius 1 is 1.23 bits per heavy atom. The van der Waals surface area contributed by atoms with E-state index in [0.717, 1.165) is 23.8 Å². The maximum absolute atomic E-state index is 14.2. The Morgan fingerprint density at radius 3 is 2.58 bits per heavy atom. The van der Waals surface area contributed by atoms with E-state index < -0.39 is 35.7 Å². The Hall–Kier alpha value is -2.57. The maximum atomic E-state index is 14.2. The molecule has 0 saturated heterocycles. The van der Waals surface area contributed by atoms with Crippen molar-refractivity contribution in [2.75, 3.05) is 6.54 Å². The number of aliphatic hydroxyl groups excluding tert-OH is 1. The first-order chi connectivity index (χ1) is 12.4. The molecule has 1 amide bonds. The number of carbonyl (C=O) groups is 1. The molecule has 1 aliphatic rings. The zero-order chi connectivity index (χ0) is 18.8. The highest BCUT2D eigenvalue weighted by molar-refractivity contribution is 5.87. The summed E-state index contributed by atoms with van der Waals surface area (Å²) in [7, 11) is 0. The third kappa shape index (κ3) is 3.52. The van der Waals surface area contributed by atoms with Crippen LogP contribution in [0.1, 0.15) is 24.1 Å². The van der Waals surface area contributed by atoms with Crippen LogP contribution in [0.5, 0.6) is 0 Å². The van der Waals surface area contributed by atoms with Crippen LogP contribution in [0.4, 0.5) is 8.78 Å². The average molecular weight is 358 g/mol. The summed E-state index contributed by atoms with van der Waals surface area (Å²) < 4.78 is 27.8. The van der Waals surface area contributed by atoms with Gasteiger partial charge in [-0.1, -0.05) is 36.4 Å². The van der Waals surface area contributed by atoms with Gasteiger partial charge in [0, 0.05) is 12.1 Å². The van der Waals surface area contributed by atoms with Crippen molar-refractivity contribution >= 4 is 11.5 Å². The maximum Gasteiger partial charge on any atom is 0.243 e. The first-order valence-electron chi connectivity index (χ1n) is 8.33. The molecule has 2 aromatic rings. The Morgan fingerprint density at radius 2 is 1.92 bits per heavy atom. The van der Waals surface area contributed by atoms with Crippen LogP contribution >= 0.6 is 0 Å². The van der Waals surface area contributed by atoms with Crippen molar-refractivity contribution < 1.29 is 18.7 Å². The Kier molecular flexibility index (Phi) is 5.15. The minimum Gasteiger partial charge on any atom is -0.391 e. The van der Waals surface area contributed by atoms with E-state index in [1.165, 1.54) is 11.8 Å².